The van der Waals surface area contributed by atoms with Gasteiger partial charge in [-0.05, 0) is 43.3 Å². The molecule has 0 radical (unpaired) electrons. The van der Waals surface area contributed by atoms with Crippen LogP contribution >= 0.6 is 11.6 Å². The van der Waals surface area contributed by atoms with Crippen LogP contribution in [0.5, 0.6) is 5.75 Å². The molecule has 0 unspecified atom stereocenters. The van der Waals surface area contributed by atoms with Gasteiger partial charge in [0.2, 0.25) is 10.0 Å². The lowest BCUT2D eigenvalue weighted by Crippen LogP contribution is -2.13. The van der Waals surface area contributed by atoms with Crippen molar-refractivity contribution in [3.05, 3.63) is 65.1 Å². The number of sulfonamides is 1. The van der Waals surface area contributed by atoms with Crippen LogP contribution in [0.4, 0.5) is 11.4 Å². The quantitative estimate of drug-likeness (QED) is 0.586. The lowest BCUT2D eigenvalue weighted by atomic mass is 10.2. The summed E-state index contributed by atoms with van der Waals surface area (Å²) in [4.78, 5) is 16.7. The zero-order valence-electron chi connectivity index (χ0n) is 15.0. The SMILES string of the molecule is Cc1cc(C(=O)Nc2cc(Cl)cc(NS(C)(=O)=O)c2)cn1-c1ncccc1O. The highest BCUT2D eigenvalue weighted by molar-refractivity contribution is 7.92. The summed E-state index contributed by atoms with van der Waals surface area (Å²) in [6.07, 6.45) is 4.11. The van der Waals surface area contributed by atoms with Gasteiger partial charge in [0.15, 0.2) is 11.6 Å². The maximum absolute atomic E-state index is 12.6. The summed E-state index contributed by atoms with van der Waals surface area (Å²) in [6.45, 7) is 1.78. The van der Waals surface area contributed by atoms with Crippen LogP contribution in [-0.4, -0.2) is 35.2 Å². The molecule has 8 nitrogen and oxygen atoms in total. The van der Waals surface area contributed by atoms with E-state index in [2.05, 4.69) is 15.0 Å². The number of carbonyl (C=O) groups excluding carboxylic acids is 1. The Morgan fingerprint density at radius 3 is 2.61 bits per heavy atom. The van der Waals surface area contributed by atoms with Crippen molar-refractivity contribution in [2.45, 2.75) is 6.92 Å². The van der Waals surface area contributed by atoms with Crippen molar-refractivity contribution in [1.82, 2.24) is 9.55 Å². The zero-order valence-corrected chi connectivity index (χ0v) is 16.5. The molecule has 0 aliphatic heterocycles. The average molecular weight is 421 g/mol. The molecule has 0 bridgehead atoms. The predicted octanol–water partition coefficient (Wildman–Crippen LogP) is 3.16. The van der Waals surface area contributed by atoms with Gasteiger partial charge in [0.05, 0.1) is 17.5 Å². The fourth-order valence-electron chi connectivity index (χ4n) is 2.64. The molecule has 0 saturated carbocycles. The van der Waals surface area contributed by atoms with Gasteiger partial charge in [-0.3, -0.25) is 9.52 Å². The minimum absolute atomic E-state index is 0.0144. The number of aromatic hydroxyl groups is 1. The standard InChI is InChI=1S/C18H17ClN4O4S/c1-11-6-12(10-23(11)17-16(24)4-3-5-20-17)18(25)21-14-7-13(19)8-15(9-14)22-28(2,26)27/h3-10,22,24H,1-2H3,(H,21,25). The Morgan fingerprint density at radius 1 is 1.21 bits per heavy atom. The van der Waals surface area contributed by atoms with Crippen molar-refractivity contribution in [2.24, 2.45) is 0 Å². The average Bonchev–Trinajstić information content (AvgIpc) is 2.95. The molecule has 28 heavy (non-hydrogen) atoms. The van der Waals surface area contributed by atoms with Gasteiger partial charge in [0, 0.05) is 28.8 Å². The molecule has 0 saturated heterocycles. The van der Waals surface area contributed by atoms with Crippen LogP contribution in [0.2, 0.25) is 5.02 Å². The minimum Gasteiger partial charge on any atom is -0.504 e. The molecule has 3 N–H and O–H groups in total. The first kappa shape index (κ1) is 19.7. The third-order valence-electron chi connectivity index (χ3n) is 3.73. The van der Waals surface area contributed by atoms with E-state index in [0.717, 1.165) is 6.26 Å². The highest BCUT2D eigenvalue weighted by Crippen LogP contribution is 2.25. The summed E-state index contributed by atoms with van der Waals surface area (Å²) in [7, 11) is -3.48. The van der Waals surface area contributed by atoms with Gasteiger partial charge in [-0.15, -0.1) is 0 Å². The summed E-state index contributed by atoms with van der Waals surface area (Å²) in [6, 6.07) is 9.14. The molecule has 0 aliphatic rings. The number of benzene rings is 1. The molecule has 146 valence electrons. The van der Waals surface area contributed by atoms with Crippen molar-refractivity contribution >= 4 is 38.9 Å². The van der Waals surface area contributed by atoms with E-state index in [1.165, 1.54) is 30.5 Å². The maximum atomic E-state index is 12.6. The Balaban J connectivity index is 1.86. The van der Waals surface area contributed by atoms with Crippen LogP contribution in [0.25, 0.3) is 5.82 Å². The molecule has 1 aromatic carbocycles. The van der Waals surface area contributed by atoms with Crippen molar-refractivity contribution in [3.63, 3.8) is 0 Å². The third kappa shape index (κ3) is 4.62. The van der Waals surface area contributed by atoms with E-state index < -0.39 is 15.9 Å². The van der Waals surface area contributed by atoms with Crippen LogP contribution in [0.3, 0.4) is 0 Å². The van der Waals surface area contributed by atoms with E-state index in [-0.39, 0.29) is 16.5 Å². The van der Waals surface area contributed by atoms with Gasteiger partial charge in [-0.25, -0.2) is 13.4 Å². The van der Waals surface area contributed by atoms with E-state index in [1.54, 1.807) is 29.8 Å². The Labute approximate surface area is 166 Å². The summed E-state index contributed by atoms with van der Waals surface area (Å²) < 4.78 is 26.7. The fourth-order valence-corrected chi connectivity index (χ4v) is 3.42. The normalized spacial score (nSPS) is 11.2. The number of rotatable bonds is 5. The van der Waals surface area contributed by atoms with E-state index in [9.17, 15) is 18.3 Å². The van der Waals surface area contributed by atoms with Crippen LogP contribution in [0, 0.1) is 6.92 Å². The number of carbonyl (C=O) groups is 1. The minimum atomic E-state index is -3.48. The first-order valence-corrected chi connectivity index (χ1v) is 10.3. The van der Waals surface area contributed by atoms with Crippen LogP contribution < -0.4 is 10.0 Å². The van der Waals surface area contributed by atoms with Gasteiger partial charge in [-0.1, -0.05) is 11.6 Å². The summed E-state index contributed by atoms with van der Waals surface area (Å²) in [5.74, 6) is -0.134. The molecule has 2 heterocycles. The summed E-state index contributed by atoms with van der Waals surface area (Å²) in [5, 5.41) is 12.9. The van der Waals surface area contributed by atoms with Crippen LogP contribution in [0.1, 0.15) is 16.1 Å². The molecule has 2 aromatic heterocycles. The number of halogens is 1. The first-order chi connectivity index (χ1) is 13.1. The first-order valence-electron chi connectivity index (χ1n) is 8.05. The van der Waals surface area contributed by atoms with E-state index >= 15 is 0 Å². The molecular weight excluding hydrogens is 404 g/mol. The van der Waals surface area contributed by atoms with Gasteiger partial charge in [0.1, 0.15) is 0 Å². The molecule has 0 spiro atoms. The highest BCUT2D eigenvalue weighted by Gasteiger charge is 2.15. The number of nitrogens with one attached hydrogen (secondary N) is 2. The molecule has 3 aromatic rings. The zero-order chi connectivity index (χ0) is 20.5. The number of pyridine rings is 1. The van der Waals surface area contributed by atoms with Crippen molar-refractivity contribution in [1.29, 1.82) is 0 Å². The van der Waals surface area contributed by atoms with E-state index in [1.807, 2.05) is 0 Å². The Morgan fingerprint density at radius 2 is 1.93 bits per heavy atom. The van der Waals surface area contributed by atoms with Gasteiger partial charge in [0.25, 0.3) is 5.91 Å². The molecule has 1 amide bonds. The largest absolute Gasteiger partial charge is 0.504 e. The number of hydrogen-bond acceptors (Lipinski definition) is 5. The van der Waals surface area contributed by atoms with Crippen LogP contribution in [-0.2, 0) is 10.0 Å². The number of aryl methyl sites for hydroxylation is 1. The van der Waals surface area contributed by atoms with Crippen molar-refractivity contribution in [2.75, 3.05) is 16.3 Å². The highest BCUT2D eigenvalue weighted by atomic mass is 35.5. The number of hydrogen-bond donors (Lipinski definition) is 3. The molecule has 3 rings (SSSR count). The number of amides is 1. The molecular formula is C18H17ClN4O4S. The Hall–Kier alpha value is -3.04. The topological polar surface area (TPSA) is 113 Å². The van der Waals surface area contributed by atoms with Crippen LogP contribution in [0.15, 0.2) is 48.8 Å². The molecule has 0 atom stereocenters. The maximum Gasteiger partial charge on any atom is 0.257 e. The number of anilines is 2. The fraction of sp³-hybridized carbons (Fsp3) is 0.111. The monoisotopic (exact) mass is 420 g/mol. The van der Waals surface area contributed by atoms with Crippen molar-refractivity contribution < 1.29 is 18.3 Å². The predicted molar refractivity (Wildman–Crippen MR) is 108 cm³/mol. The summed E-state index contributed by atoms with van der Waals surface area (Å²) in [5.41, 5.74) is 1.59. The summed E-state index contributed by atoms with van der Waals surface area (Å²) >= 11 is 6.01. The van der Waals surface area contributed by atoms with E-state index in [0.29, 0.717) is 22.8 Å². The lowest BCUT2D eigenvalue weighted by Gasteiger charge is -2.09. The molecule has 0 fully saturated rings. The second-order valence-electron chi connectivity index (χ2n) is 6.14. The van der Waals surface area contributed by atoms with Gasteiger partial charge < -0.3 is 15.0 Å². The van der Waals surface area contributed by atoms with E-state index in [4.69, 9.17) is 11.6 Å². The van der Waals surface area contributed by atoms with Gasteiger partial charge in [-0.2, -0.15) is 0 Å². The second kappa shape index (κ2) is 7.53. The number of aromatic nitrogens is 2. The third-order valence-corrected chi connectivity index (χ3v) is 4.55. The smallest absolute Gasteiger partial charge is 0.257 e. The number of nitrogens with zero attached hydrogens (tertiary/aromatic N) is 2. The molecule has 0 aliphatic carbocycles. The molecule has 10 heteroatoms. The Bertz CT molecular complexity index is 1160. The lowest BCUT2D eigenvalue weighted by molar-refractivity contribution is 0.102. The van der Waals surface area contributed by atoms with Gasteiger partial charge >= 0.3 is 0 Å². The van der Waals surface area contributed by atoms with Crippen molar-refractivity contribution in [3.8, 4) is 11.6 Å². The Kier molecular flexibility index (Phi) is 5.30. The second-order valence-corrected chi connectivity index (χ2v) is 8.33.